The highest BCUT2D eigenvalue weighted by Gasteiger charge is 2.24. The minimum Gasteiger partial charge on any atom is -0.376 e. The number of aliphatic imine (C=N–C) groups is 1. The first kappa shape index (κ1) is 13.7. The van der Waals surface area contributed by atoms with Crippen molar-refractivity contribution in [2.75, 3.05) is 26.7 Å². The standard InChI is InChI=1S/C14H27N3O/c1-11-9-13(10-12(2)18-11)5-7-16-14-15-6-4-8-17(14)3/h11-13H,4-10H2,1-3H3,(H,15,16). The number of ether oxygens (including phenoxy) is 1. The van der Waals surface area contributed by atoms with Crippen molar-refractivity contribution in [3.05, 3.63) is 0 Å². The molecule has 104 valence electrons. The maximum absolute atomic E-state index is 5.78. The van der Waals surface area contributed by atoms with Gasteiger partial charge < -0.3 is 15.0 Å². The van der Waals surface area contributed by atoms with Gasteiger partial charge in [-0.1, -0.05) is 0 Å². The molecule has 4 nitrogen and oxygen atoms in total. The van der Waals surface area contributed by atoms with E-state index in [1.165, 1.54) is 25.7 Å². The first-order valence-electron chi connectivity index (χ1n) is 7.30. The van der Waals surface area contributed by atoms with Crippen LogP contribution in [0.5, 0.6) is 0 Å². The van der Waals surface area contributed by atoms with Crippen molar-refractivity contribution in [3.63, 3.8) is 0 Å². The van der Waals surface area contributed by atoms with Gasteiger partial charge in [-0.25, -0.2) is 0 Å². The van der Waals surface area contributed by atoms with E-state index in [9.17, 15) is 0 Å². The highest BCUT2D eigenvalue weighted by atomic mass is 16.5. The zero-order valence-corrected chi connectivity index (χ0v) is 12.0. The summed E-state index contributed by atoms with van der Waals surface area (Å²) in [7, 11) is 2.11. The van der Waals surface area contributed by atoms with Crippen LogP contribution in [0.4, 0.5) is 0 Å². The summed E-state index contributed by atoms with van der Waals surface area (Å²) < 4.78 is 5.78. The van der Waals surface area contributed by atoms with E-state index in [0.717, 1.165) is 31.5 Å². The average Bonchev–Trinajstić information content (AvgIpc) is 2.30. The molecule has 0 aromatic heterocycles. The lowest BCUT2D eigenvalue weighted by atomic mass is 9.90. The summed E-state index contributed by atoms with van der Waals surface area (Å²) in [5.41, 5.74) is 0. The van der Waals surface area contributed by atoms with Gasteiger partial charge in [-0.2, -0.15) is 0 Å². The fourth-order valence-corrected chi connectivity index (χ4v) is 3.08. The zero-order valence-electron chi connectivity index (χ0n) is 12.0. The number of nitrogens with one attached hydrogen (secondary N) is 1. The van der Waals surface area contributed by atoms with Gasteiger partial charge in [0.1, 0.15) is 0 Å². The number of hydrogen-bond donors (Lipinski definition) is 1. The number of rotatable bonds is 3. The molecular formula is C14H27N3O. The molecule has 2 aliphatic heterocycles. The van der Waals surface area contributed by atoms with Crippen LogP contribution < -0.4 is 5.32 Å². The summed E-state index contributed by atoms with van der Waals surface area (Å²) in [6.07, 6.45) is 5.66. The molecular weight excluding hydrogens is 226 g/mol. The van der Waals surface area contributed by atoms with Crippen molar-refractivity contribution < 1.29 is 4.74 Å². The molecule has 18 heavy (non-hydrogen) atoms. The summed E-state index contributed by atoms with van der Waals surface area (Å²) in [6, 6.07) is 0. The van der Waals surface area contributed by atoms with Crippen LogP contribution in [0.25, 0.3) is 0 Å². The molecule has 0 bridgehead atoms. The molecule has 0 aliphatic carbocycles. The van der Waals surface area contributed by atoms with Crippen LogP contribution in [0.15, 0.2) is 4.99 Å². The Balaban J connectivity index is 1.70. The Kier molecular flexibility index (Phi) is 4.87. The summed E-state index contributed by atoms with van der Waals surface area (Å²) in [5, 5.41) is 3.48. The van der Waals surface area contributed by atoms with Crippen LogP contribution >= 0.6 is 0 Å². The van der Waals surface area contributed by atoms with Crippen molar-refractivity contribution in [1.82, 2.24) is 10.2 Å². The van der Waals surface area contributed by atoms with E-state index in [4.69, 9.17) is 4.74 Å². The fraction of sp³-hybridized carbons (Fsp3) is 0.929. The second-order valence-corrected chi connectivity index (χ2v) is 5.79. The first-order valence-corrected chi connectivity index (χ1v) is 7.30. The normalized spacial score (nSPS) is 33.2. The molecule has 0 aromatic rings. The van der Waals surface area contributed by atoms with Crippen LogP contribution in [-0.2, 0) is 4.74 Å². The molecule has 2 heterocycles. The monoisotopic (exact) mass is 253 g/mol. The van der Waals surface area contributed by atoms with Gasteiger partial charge in [-0.05, 0) is 45.4 Å². The smallest absolute Gasteiger partial charge is 0.193 e. The SMILES string of the molecule is CC1CC(CCNC2=NCCCN2C)CC(C)O1. The van der Waals surface area contributed by atoms with E-state index in [1.54, 1.807) is 0 Å². The number of nitrogens with zero attached hydrogens (tertiary/aromatic N) is 2. The second kappa shape index (κ2) is 6.41. The van der Waals surface area contributed by atoms with Crippen molar-refractivity contribution in [2.45, 2.75) is 51.7 Å². The third-order valence-electron chi connectivity index (χ3n) is 3.91. The van der Waals surface area contributed by atoms with Crippen LogP contribution in [0.2, 0.25) is 0 Å². The first-order chi connectivity index (χ1) is 8.65. The van der Waals surface area contributed by atoms with E-state index < -0.39 is 0 Å². The highest BCUT2D eigenvalue weighted by Crippen LogP contribution is 2.26. The summed E-state index contributed by atoms with van der Waals surface area (Å²) in [6.45, 7) is 7.51. The molecule has 2 rings (SSSR count). The summed E-state index contributed by atoms with van der Waals surface area (Å²) >= 11 is 0. The minimum absolute atomic E-state index is 0.424. The third kappa shape index (κ3) is 3.87. The zero-order chi connectivity index (χ0) is 13.0. The fourth-order valence-electron chi connectivity index (χ4n) is 3.08. The van der Waals surface area contributed by atoms with Crippen molar-refractivity contribution in [1.29, 1.82) is 0 Å². The minimum atomic E-state index is 0.424. The number of hydrogen-bond acceptors (Lipinski definition) is 4. The Bertz CT molecular complexity index is 283. The summed E-state index contributed by atoms with van der Waals surface area (Å²) in [4.78, 5) is 6.75. The van der Waals surface area contributed by atoms with Gasteiger partial charge in [0, 0.05) is 26.7 Å². The molecule has 2 atom stereocenters. The Hall–Kier alpha value is -0.770. The van der Waals surface area contributed by atoms with Gasteiger partial charge >= 0.3 is 0 Å². The second-order valence-electron chi connectivity index (χ2n) is 5.79. The molecule has 2 unspecified atom stereocenters. The molecule has 1 saturated heterocycles. The van der Waals surface area contributed by atoms with Crippen LogP contribution in [0.3, 0.4) is 0 Å². The lowest BCUT2D eigenvalue weighted by molar-refractivity contribution is -0.0531. The Morgan fingerprint density at radius 2 is 2.06 bits per heavy atom. The Morgan fingerprint density at radius 1 is 1.33 bits per heavy atom. The van der Waals surface area contributed by atoms with Crippen molar-refractivity contribution >= 4 is 5.96 Å². The summed E-state index contributed by atoms with van der Waals surface area (Å²) in [5.74, 6) is 1.88. The quantitative estimate of drug-likeness (QED) is 0.834. The molecule has 0 aromatic carbocycles. The highest BCUT2D eigenvalue weighted by molar-refractivity contribution is 5.80. The van der Waals surface area contributed by atoms with Crippen LogP contribution in [0.1, 0.15) is 39.5 Å². The average molecular weight is 253 g/mol. The molecule has 1 N–H and O–H groups in total. The maximum atomic E-state index is 5.78. The molecule has 0 saturated carbocycles. The van der Waals surface area contributed by atoms with Gasteiger partial charge in [0.25, 0.3) is 0 Å². The molecule has 4 heteroatoms. The Labute approximate surface area is 111 Å². The van der Waals surface area contributed by atoms with Crippen LogP contribution in [0, 0.1) is 5.92 Å². The van der Waals surface area contributed by atoms with Gasteiger partial charge in [0.2, 0.25) is 0 Å². The Morgan fingerprint density at radius 3 is 2.72 bits per heavy atom. The predicted molar refractivity (Wildman–Crippen MR) is 74.9 cm³/mol. The lowest BCUT2D eigenvalue weighted by Crippen LogP contribution is -2.43. The van der Waals surface area contributed by atoms with E-state index in [-0.39, 0.29) is 0 Å². The molecule has 1 fully saturated rings. The lowest BCUT2D eigenvalue weighted by Gasteiger charge is -2.32. The number of guanidine groups is 1. The van der Waals surface area contributed by atoms with E-state index in [2.05, 4.69) is 36.1 Å². The molecule has 0 amide bonds. The predicted octanol–water partition coefficient (Wildman–Crippen LogP) is 1.86. The maximum Gasteiger partial charge on any atom is 0.193 e. The van der Waals surface area contributed by atoms with Gasteiger partial charge in [0.05, 0.1) is 12.2 Å². The van der Waals surface area contributed by atoms with Gasteiger partial charge in [-0.3, -0.25) is 4.99 Å². The van der Waals surface area contributed by atoms with Crippen LogP contribution in [-0.4, -0.2) is 49.7 Å². The largest absolute Gasteiger partial charge is 0.376 e. The third-order valence-corrected chi connectivity index (χ3v) is 3.91. The van der Waals surface area contributed by atoms with E-state index >= 15 is 0 Å². The van der Waals surface area contributed by atoms with Gasteiger partial charge in [-0.15, -0.1) is 0 Å². The van der Waals surface area contributed by atoms with Crippen molar-refractivity contribution in [3.8, 4) is 0 Å². The van der Waals surface area contributed by atoms with E-state index in [0.29, 0.717) is 12.2 Å². The molecule has 0 radical (unpaired) electrons. The van der Waals surface area contributed by atoms with Gasteiger partial charge in [0.15, 0.2) is 5.96 Å². The molecule has 2 aliphatic rings. The topological polar surface area (TPSA) is 36.9 Å². The van der Waals surface area contributed by atoms with E-state index in [1.807, 2.05) is 0 Å². The van der Waals surface area contributed by atoms with Crippen molar-refractivity contribution in [2.24, 2.45) is 10.9 Å². The molecule has 0 spiro atoms.